The zero-order valence-electron chi connectivity index (χ0n) is 12.6. The molecule has 1 aliphatic rings. The van der Waals surface area contributed by atoms with Crippen LogP contribution in [-0.2, 0) is 17.6 Å². The van der Waals surface area contributed by atoms with Gasteiger partial charge >= 0.3 is 5.97 Å². The molecule has 0 spiro atoms. The molecule has 24 heavy (non-hydrogen) atoms. The number of halogens is 2. The van der Waals surface area contributed by atoms with E-state index >= 15 is 0 Å². The molecule has 0 unspecified atom stereocenters. The lowest BCUT2D eigenvalue weighted by Crippen LogP contribution is -2.10. The van der Waals surface area contributed by atoms with Crippen molar-refractivity contribution in [1.29, 1.82) is 0 Å². The van der Waals surface area contributed by atoms with Crippen LogP contribution >= 0.6 is 11.6 Å². The maximum absolute atomic E-state index is 14.3. The van der Waals surface area contributed by atoms with Crippen molar-refractivity contribution >= 4 is 17.6 Å². The number of benzene rings is 1. The molecule has 3 N–H and O–H groups in total. The minimum absolute atomic E-state index is 0.0547. The summed E-state index contributed by atoms with van der Waals surface area (Å²) in [5.74, 6) is -2.50. The van der Waals surface area contributed by atoms with E-state index in [9.17, 15) is 19.4 Å². The second-order valence-corrected chi connectivity index (χ2v) is 5.97. The van der Waals surface area contributed by atoms with Crippen LogP contribution in [0.15, 0.2) is 12.1 Å². The summed E-state index contributed by atoms with van der Waals surface area (Å²) in [4.78, 5) is 10.6. The molecule has 0 fully saturated rings. The molecule has 0 saturated heterocycles. The van der Waals surface area contributed by atoms with E-state index in [4.69, 9.17) is 21.4 Å². The van der Waals surface area contributed by atoms with Crippen LogP contribution in [0.4, 0.5) is 4.39 Å². The fraction of sp³-hybridized carbons (Fsp3) is 0.312. The van der Waals surface area contributed by atoms with Gasteiger partial charge in [-0.2, -0.15) is 0 Å². The molecule has 1 aromatic carbocycles. The minimum atomic E-state index is -1.21. The first-order chi connectivity index (χ1) is 11.4. The van der Waals surface area contributed by atoms with Crippen LogP contribution in [0.2, 0.25) is 5.02 Å². The molecule has 6 nitrogen and oxygen atoms in total. The van der Waals surface area contributed by atoms with Gasteiger partial charge < -0.3 is 20.1 Å². The van der Waals surface area contributed by atoms with Crippen LogP contribution in [0.3, 0.4) is 0 Å². The summed E-state index contributed by atoms with van der Waals surface area (Å²) in [7, 11) is 0. The molecule has 8 heteroatoms. The highest BCUT2D eigenvalue weighted by molar-refractivity contribution is 6.32. The molecule has 0 aliphatic heterocycles. The zero-order valence-corrected chi connectivity index (χ0v) is 13.3. The van der Waals surface area contributed by atoms with Crippen LogP contribution in [-0.4, -0.2) is 32.5 Å². The molecule has 1 aromatic heterocycles. The second kappa shape index (κ2) is 6.24. The number of carboxylic acid groups (broad SMARTS) is 1. The fourth-order valence-electron chi connectivity index (χ4n) is 2.94. The lowest BCUT2D eigenvalue weighted by Gasteiger charge is -2.12. The minimum Gasteiger partial charge on any atom is -0.494 e. The van der Waals surface area contributed by atoms with Crippen molar-refractivity contribution in [2.75, 3.05) is 6.61 Å². The van der Waals surface area contributed by atoms with Gasteiger partial charge in [0, 0.05) is 17.2 Å². The molecule has 3 rings (SSSR count). The Morgan fingerprint density at radius 1 is 1.21 bits per heavy atom. The molecule has 0 saturated carbocycles. The topological polar surface area (TPSA) is 91.9 Å². The number of ether oxygens (including phenoxy) is 1. The highest BCUT2D eigenvalue weighted by Gasteiger charge is 2.27. The van der Waals surface area contributed by atoms with Crippen molar-refractivity contribution in [3.8, 4) is 23.2 Å². The van der Waals surface area contributed by atoms with Crippen molar-refractivity contribution in [2.24, 2.45) is 0 Å². The van der Waals surface area contributed by atoms with Gasteiger partial charge in [-0.15, -0.1) is 0 Å². The number of hydrogen-bond acceptors (Lipinski definition) is 4. The third-order valence-corrected chi connectivity index (χ3v) is 4.32. The van der Waals surface area contributed by atoms with E-state index in [-0.39, 0.29) is 28.2 Å². The van der Waals surface area contributed by atoms with E-state index in [1.807, 2.05) is 0 Å². The van der Waals surface area contributed by atoms with Gasteiger partial charge in [-0.3, -0.25) is 0 Å². The zero-order chi connectivity index (χ0) is 17.4. The highest BCUT2D eigenvalue weighted by atomic mass is 35.5. The predicted molar refractivity (Wildman–Crippen MR) is 83.8 cm³/mol. The van der Waals surface area contributed by atoms with Crippen LogP contribution in [0.25, 0.3) is 5.69 Å². The highest BCUT2D eigenvalue weighted by Crippen LogP contribution is 2.42. The number of hydrogen-bond donors (Lipinski definition) is 3. The van der Waals surface area contributed by atoms with Gasteiger partial charge in [0.15, 0.2) is 6.61 Å². The molecule has 2 aromatic rings. The van der Waals surface area contributed by atoms with Gasteiger partial charge in [-0.25, -0.2) is 13.8 Å². The molecule has 128 valence electrons. The van der Waals surface area contributed by atoms with Crippen molar-refractivity contribution < 1.29 is 29.2 Å². The normalized spacial score (nSPS) is 13.6. The molecule has 1 heterocycles. The van der Waals surface area contributed by atoms with E-state index in [0.717, 1.165) is 29.5 Å². The van der Waals surface area contributed by atoms with Crippen molar-refractivity contribution in [2.45, 2.75) is 25.7 Å². The van der Waals surface area contributed by atoms with Gasteiger partial charge in [0.05, 0.1) is 10.7 Å². The molecule has 0 atom stereocenters. The van der Waals surface area contributed by atoms with Crippen LogP contribution in [0, 0.1) is 5.82 Å². The number of nitrogens with zero attached hydrogens (tertiary/aromatic N) is 1. The number of carboxylic acids is 1. The maximum atomic E-state index is 14.3. The molecule has 0 bridgehead atoms. The van der Waals surface area contributed by atoms with Crippen LogP contribution in [0.1, 0.15) is 24.0 Å². The van der Waals surface area contributed by atoms with E-state index in [2.05, 4.69) is 0 Å². The summed E-state index contributed by atoms with van der Waals surface area (Å²) in [5.41, 5.74) is 1.03. The van der Waals surface area contributed by atoms with Crippen LogP contribution < -0.4 is 4.74 Å². The molecule has 0 amide bonds. The SMILES string of the molecule is O=C(O)COc1cc(-n2c(O)c3c(c2O)CCCC3)c(F)cc1Cl. The summed E-state index contributed by atoms with van der Waals surface area (Å²) in [5, 5.41) is 29.3. The number of aromatic hydroxyl groups is 2. The van der Waals surface area contributed by atoms with E-state index in [1.54, 1.807) is 0 Å². The Morgan fingerprint density at radius 3 is 2.33 bits per heavy atom. The predicted octanol–water partition coefficient (Wildman–Crippen LogP) is 3.02. The quantitative estimate of drug-likeness (QED) is 0.784. The Morgan fingerprint density at radius 2 is 1.79 bits per heavy atom. The van der Waals surface area contributed by atoms with E-state index in [1.165, 1.54) is 0 Å². The largest absolute Gasteiger partial charge is 0.494 e. The Hall–Kier alpha value is -2.41. The molecular formula is C16H15ClFNO5. The fourth-order valence-corrected chi connectivity index (χ4v) is 3.14. The number of carbonyl (C=O) groups is 1. The summed E-state index contributed by atoms with van der Waals surface area (Å²) >= 11 is 5.86. The monoisotopic (exact) mass is 355 g/mol. The number of rotatable bonds is 4. The number of aliphatic carboxylic acids is 1. The summed E-state index contributed by atoms with van der Waals surface area (Å²) < 4.78 is 20.4. The summed E-state index contributed by atoms with van der Waals surface area (Å²) in [6.07, 6.45) is 2.94. The average Bonchev–Trinajstić information content (AvgIpc) is 2.79. The van der Waals surface area contributed by atoms with E-state index < -0.39 is 18.4 Å². The van der Waals surface area contributed by atoms with Crippen molar-refractivity contribution in [1.82, 2.24) is 4.57 Å². The number of aromatic nitrogens is 1. The van der Waals surface area contributed by atoms with Gasteiger partial charge in [-0.05, 0) is 31.7 Å². The number of fused-ring (bicyclic) bond motifs is 1. The van der Waals surface area contributed by atoms with Gasteiger partial charge in [0.2, 0.25) is 11.8 Å². The Kier molecular flexibility index (Phi) is 4.28. The first-order valence-electron chi connectivity index (χ1n) is 7.38. The van der Waals surface area contributed by atoms with Gasteiger partial charge in [0.1, 0.15) is 11.6 Å². The van der Waals surface area contributed by atoms with Crippen molar-refractivity contribution in [3.63, 3.8) is 0 Å². The third-order valence-electron chi connectivity index (χ3n) is 4.02. The summed E-state index contributed by atoms with van der Waals surface area (Å²) in [6.45, 7) is -0.648. The molecule has 1 aliphatic carbocycles. The molecular weight excluding hydrogens is 341 g/mol. The van der Waals surface area contributed by atoms with Crippen molar-refractivity contribution in [3.05, 3.63) is 34.1 Å². The lowest BCUT2D eigenvalue weighted by atomic mass is 9.95. The Balaban J connectivity index is 2.11. The summed E-state index contributed by atoms with van der Waals surface area (Å²) in [6, 6.07) is 2.11. The maximum Gasteiger partial charge on any atom is 0.341 e. The Labute approximate surface area is 141 Å². The Bertz CT molecular complexity index is 788. The standard InChI is InChI=1S/C16H15ClFNO5/c17-10-5-11(18)12(6-13(10)24-7-14(20)21)19-15(22)8-3-1-2-4-9(8)16(19)23/h5-6,22-23H,1-4,7H2,(H,20,21). The third kappa shape index (κ3) is 2.75. The first-order valence-corrected chi connectivity index (χ1v) is 7.76. The van der Waals surface area contributed by atoms with Gasteiger partial charge in [-0.1, -0.05) is 11.6 Å². The van der Waals surface area contributed by atoms with Gasteiger partial charge in [0.25, 0.3) is 0 Å². The smallest absolute Gasteiger partial charge is 0.341 e. The first kappa shape index (κ1) is 16.4. The van der Waals surface area contributed by atoms with E-state index in [0.29, 0.717) is 24.0 Å². The lowest BCUT2D eigenvalue weighted by molar-refractivity contribution is -0.139. The average molecular weight is 356 g/mol. The molecule has 0 radical (unpaired) electrons. The second-order valence-electron chi connectivity index (χ2n) is 5.56. The van der Waals surface area contributed by atoms with Crippen LogP contribution in [0.5, 0.6) is 17.5 Å².